The van der Waals surface area contributed by atoms with E-state index in [1.807, 2.05) is 0 Å². The topological polar surface area (TPSA) is 40.6 Å². The molecule has 0 amide bonds. The zero-order valence-corrected chi connectivity index (χ0v) is 8.61. The van der Waals surface area contributed by atoms with Crippen LogP contribution in [0.3, 0.4) is 0 Å². The third kappa shape index (κ3) is 1.90. The Bertz CT molecular complexity index is 242. The Kier molecular flexibility index (Phi) is 3.34. The average molecular weight is 213 g/mol. The van der Waals surface area contributed by atoms with E-state index in [-0.39, 0.29) is 0 Å². The molecule has 1 heterocycles. The van der Waals surface area contributed by atoms with Gasteiger partial charge in [0, 0.05) is 32.6 Å². The normalized spacial score (nSPS) is 24.8. The van der Waals surface area contributed by atoms with Gasteiger partial charge in [-0.05, 0) is 6.42 Å². The molecule has 12 heavy (non-hydrogen) atoms. The van der Waals surface area contributed by atoms with Crippen molar-refractivity contribution in [2.45, 2.75) is 6.42 Å². The van der Waals surface area contributed by atoms with Crippen LogP contribution in [0.15, 0.2) is 0 Å². The zero-order chi connectivity index (χ0) is 9.19. The van der Waals surface area contributed by atoms with Crippen LogP contribution in [0.2, 0.25) is 0 Å². The number of hydrogen-bond donors (Lipinski definition) is 0. The van der Waals surface area contributed by atoms with E-state index in [2.05, 4.69) is 0 Å². The molecule has 1 fully saturated rings. The van der Waals surface area contributed by atoms with Crippen LogP contribution in [-0.4, -0.2) is 49.6 Å². The second-order valence-corrected chi connectivity index (χ2v) is 5.18. The smallest absolute Gasteiger partial charge is 0.195 e. The molecule has 1 rings (SSSR count). The first-order valence-electron chi connectivity index (χ1n) is 3.86. The van der Waals surface area contributed by atoms with E-state index in [9.17, 15) is 8.42 Å². The Balaban J connectivity index is 2.57. The molecule has 0 bridgehead atoms. The molecule has 0 unspecified atom stereocenters. The molecule has 0 radical (unpaired) electrons. The van der Waals surface area contributed by atoms with Gasteiger partial charge in [0.15, 0.2) is 0 Å². The van der Waals surface area contributed by atoms with Crippen LogP contribution >= 0.6 is 11.6 Å². The van der Waals surface area contributed by atoms with Gasteiger partial charge < -0.3 is 0 Å². The SMILES string of the molecule is CN1CCN(CCCCl)S1(=O)=O. The summed E-state index contributed by atoms with van der Waals surface area (Å²) >= 11 is 5.47. The van der Waals surface area contributed by atoms with E-state index in [0.29, 0.717) is 31.9 Å². The summed E-state index contributed by atoms with van der Waals surface area (Å²) in [5.41, 5.74) is 0. The predicted octanol–water partition coefficient (Wildman–Crippen LogP) is 0.108. The Morgan fingerprint density at radius 3 is 2.50 bits per heavy atom. The standard InChI is InChI=1S/C6H13ClN2O2S/c1-8-5-6-9(4-2-3-7)12(8,10)11/h2-6H2,1H3. The van der Waals surface area contributed by atoms with Gasteiger partial charge in [0.25, 0.3) is 10.2 Å². The van der Waals surface area contributed by atoms with Gasteiger partial charge in [-0.2, -0.15) is 17.0 Å². The third-order valence-electron chi connectivity index (χ3n) is 1.93. The summed E-state index contributed by atoms with van der Waals surface area (Å²) in [6, 6.07) is 0. The quantitative estimate of drug-likeness (QED) is 0.623. The number of likely N-dealkylation sites (N-methyl/N-ethyl adjacent to an activating group) is 1. The second kappa shape index (κ2) is 3.91. The van der Waals surface area contributed by atoms with Gasteiger partial charge in [-0.15, -0.1) is 11.6 Å². The fraction of sp³-hybridized carbons (Fsp3) is 1.00. The maximum Gasteiger partial charge on any atom is 0.281 e. The average Bonchev–Trinajstić information content (AvgIpc) is 2.25. The van der Waals surface area contributed by atoms with Gasteiger partial charge in [-0.3, -0.25) is 0 Å². The van der Waals surface area contributed by atoms with Crippen LogP contribution in [0.25, 0.3) is 0 Å². The van der Waals surface area contributed by atoms with Crippen molar-refractivity contribution in [3.63, 3.8) is 0 Å². The maximum atomic E-state index is 11.4. The van der Waals surface area contributed by atoms with Crippen LogP contribution in [0.4, 0.5) is 0 Å². The Morgan fingerprint density at radius 2 is 2.08 bits per heavy atom. The van der Waals surface area contributed by atoms with E-state index < -0.39 is 10.2 Å². The van der Waals surface area contributed by atoms with Crippen molar-refractivity contribution in [2.24, 2.45) is 0 Å². The maximum absolute atomic E-state index is 11.4. The Hall–Kier alpha value is 0.160. The van der Waals surface area contributed by atoms with E-state index in [4.69, 9.17) is 11.6 Å². The van der Waals surface area contributed by atoms with Crippen LogP contribution in [0.1, 0.15) is 6.42 Å². The third-order valence-corrected chi connectivity index (χ3v) is 4.18. The monoisotopic (exact) mass is 212 g/mol. The molecule has 0 atom stereocenters. The molecule has 6 heteroatoms. The summed E-state index contributed by atoms with van der Waals surface area (Å²) < 4.78 is 25.6. The fourth-order valence-electron chi connectivity index (χ4n) is 1.14. The highest BCUT2D eigenvalue weighted by molar-refractivity contribution is 7.87. The van der Waals surface area contributed by atoms with E-state index >= 15 is 0 Å². The number of alkyl halides is 1. The molecule has 0 N–H and O–H groups in total. The van der Waals surface area contributed by atoms with Crippen molar-refractivity contribution >= 4 is 21.8 Å². The van der Waals surface area contributed by atoms with Gasteiger partial charge in [-0.1, -0.05) is 0 Å². The van der Waals surface area contributed by atoms with Crippen molar-refractivity contribution in [1.82, 2.24) is 8.61 Å². The van der Waals surface area contributed by atoms with Crippen molar-refractivity contribution in [3.05, 3.63) is 0 Å². The first-order chi connectivity index (χ1) is 5.59. The van der Waals surface area contributed by atoms with Crippen molar-refractivity contribution in [2.75, 3.05) is 32.6 Å². The van der Waals surface area contributed by atoms with Crippen molar-refractivity contribution < 1.29 is 8.42 Å². The Morgan fingerprint density at radius 1 is 1.42 bits per heavy atom. The molecule has 0 aliphatic carbocycles. The molecule has 1 aliphatic heterocycles. The van der Waals surface area contributed by atoms with Crippen LogP contribution in [-0.2, 0) is 10.2 Å². The molecular weight excluding hydrogens is 200 g/mol. The fourth-order valence-corrected chi connectivity index (χ4v) is 2.64. The van der Waals surface area contributed by atoms with Crippen LogP contribution in [0, 0.1) is 0 Å². The van der Waals surface area contributed by atoms with Gasteiger partial charge in [0.05, 0.1) is 0 Å². The largest absolute Gasteiger partial charge is 0.281 e. The summed E-state index contributed by atoms with van der Waals surface area (Å²) in [7, 11) is -1.54. The lowest BCUT2D eigenvalue weighted by atomic mass is 10.4. The highest BCUT2D eigenvalue weighted by atomic mass is 35.5. The van der Waals surface area contributed by atoms with Gasteiger partial charge in [-0.25, -0.2) is 0 Å². The van der Waals surface area contributed by atoms with Gasteiger partial charge >= 0.3 is 0 Å². The molecule has 0 saturated carbocycles. The number of nitrogens with zero attached hydrogens (tertiary/aromatic N) is 2. The molecule has 72 valence electrons. The first kappa shape index (κ1) is 10.2. The van der Waals surface area contributed by atoms with Gasteiger partial charge in [0.1, 0.15) is 0 Å². The summed E-state index contributed by atoms with van der Waals surface area (Å²) in [6.45, 7) is 1.72. The molecule has 0 aromatic rings. The summed E-state index contributed by atoms with van der Waals surface area (Å²) in [5.74, 6) is 0.510. The van der Waals surface area contributed by atoms with E-state index in [1.54, 1.807) is 7.05 Å². The van der Waals surface area contributed by atoms with E-state index in [1.165, 1.54) is 8.61 Å². The molecule has 0 spiro atoms. The molecule has 4 nitrogen and oxygen atoms in total. The second-order valence-electron chi connectivity index (χ2n) is 2.77. The predicted molar refractivity (Wildman–Crippen MR) is 48.5 cm³/mol. The minimum absolute atomic E-state index is 0.510. The lowest BCUT2D eigenvalue weighted by Gasteiger charge is -2.14. The first-order valence-corrected chi connectivity index (χ1v) is 5.79. The lowest BCUT2D eigenvalue weighted by molar-refractivity contribution is 0.448. The van der Waals surface area contributed by atoms with Crippen LogP contribution < -0.4 is 0 Å². The number of hydrogen-bond acceptors (Lipinski definition) is 2. The van der Waals surface area contributed by atoms with Gasteiger partial charge in [0.2, 0.25) is 0 Å². The lowest BCUT2D eigenvalue weighted by Crippen LogP contribution is -2.31. The zero-order valence-electron chi connectivity index (χ0n) is 7.03. The molecular formula is C6H13ClN2O2S. The number of rotatable bonds is 3. The van der Waals surface area contributed by atoms with Crippen LogP contribution in [0.5, 0.6) is 0 Å². The Labute approximate surface area is 78.3 Å². The molecule has 0 aromatic heterocycles. The van der Waals surface area contributed by atoms with E-state index in [0.717, 1.165) is 0 Å². The minimum atomic E-state index is -3.13. The molecule has 0 aromatic carbocycles. The number of halogens is 1. The highest BCUT2D eigenvalue weighted by Gasteiger charge is 2.32. The highest BCUT2D eigenvalue weighted by Crippen LogP contribution is 2.13. The minimum Gasteiger partial charge on any atom is -0.195 e. The summed E-state index contributed by atoms with van der Waals surface area (Å²) in [6.07, 6.45) is 0.717. The van der Waals surface area contributed by atoms with Crippen molar-refractivity contribution in [1.29, 1.82) is 0 Å². The summed E-state index contributed by atoms with van der Waals surface area (Å²) in [5, 5.41) is 0. The summed E-state index contributed by atoms with van der Waals surface area (Å²) in [4.78, 5) is 0. The molecule has 1 aliphatic rings. The van der Waals surface area contributed by atoms with Crippen molar-refractivity contribution in [3.8, 4) is 0 Å². The molecule has 1 saturated heterocycles.